The molecule has 1 N–H and O–H groups in total. The van der Waals surface area contributed by atoms with E-state index in [1.54, 1.807) is 0 Å². The van der Waals surface area contributed by atoms with Gasteiger partial charge in [-0.25, -0.2) is 0 Å². The predicted octanol–water partition coefficient (Wildman–Crippen LogP) is 2.28. The van der Waals surface area contributed by atoms with Crippen LogP contribution < -0.4 is 10.1 Å². The number of hydrogen-bond donors (Lipinski definition) is 2. The van der Waals surface area contributed by atoms with Gasteiger partial charge in [0.05, 0.1) is 0 Å². The van der Waals surface area contributed by atoms with Crippen LogP contribution in [0, 0.1) is 0 Å². The minimum absolute atomic E-state index is 0.00350. The van der Waals surface area contributed by atoms with Gasteiger partial charge in [0, 0.05) is 0 Å². The summed E-state index contributed by atoms with van der Waals surface area (Å²) in [5.41, 5.74) is 1.60. The molecular weight excluding hydrogens is 357 g/mol. The van der Waals surface area contributed by atoms with Crippen LogP contribution in [0.15, 0.2) is 16.9 Å². The second-order valence-electron chi connectivity index (χ2n) is 5.58. The Hall–Kier alpha value is -0.551. The van der Waals surface area contributed by atoms with Gasteiger partial charge in [-0.1, -0.05) is 0 Å². The fourth-order valence-corrected chi connectivity index (χ4v) is 6.04. The fourth-order valence-electron chi connectivity index (χ4n) is 1.86. The Balaban J connectivity index is 2.62. The van der Waals surface area contributed by atoms with Gasteiger partial charge in [0.2, 0.25) is 0 Å². The van der Waals surface area contributed by atoms with E-state index in [0.717, 1.165) is 15.2 Å². The molecule has 2 aromatic rings. The number of benzene rings is 1. The zero-order valence-electron chi connectivity index (χ0n) is 11.6. The second kappa shape index (κ2) is 6.06. The van der Waals surface area contributed by atoms with E-state index in [1.807, 2.05) is 12.1 Å². The van der Waals surface area contributed by atoms with Gasteiger partial charge in [-0.15, -0.1) is 0 Å². The van der Waals surface area contributed by atoms with Gasteiger partial charge in [0.25, 0.3) is 0 Å². The summed E-state index contributed by atoms with van der Waals surface area (Å²) in [6.07, 6.45) is 0. The summed E-state index contributed by atoms with van der Waals surface area (Å²) in [5, 5.41) is 3.57. The van der Waals surface area contributed by atoms with Gasteiger partial charge in [-0.05, 0) is 0 Å². The predicted molar refractivity (Wildman–Crippen MR) is 89.9 cm³/mol. The third-order valence-corrected chi connectivity index (χ3v) is 7.31. The summed E-state index contributed by atoms with van der Waals surface area (Å²) in [7, 11) is 1.33. The normalized spacial score (nSPS) is 11.8. The summed E-state index contributed by atoms with van der Waals surface area (Å²) in [6.45, 7) is 6.79. The molecule has 0 fully saturated rings. The van der Waals surface area contributed by atoms with Crippen LogP contribution in [-0.4, -0.2) is 31.6 Å². The molecular formula is C14H17NO2S2Se. The molecule has 0 bridgehead atoms. The van der Waals surface area contributed by atoms with Gasteiger partial charge in [-0.2, -0.15) is 0 Å². The first-order valence-corrected chi connectivity index (χ1v) is 10.6. The van der Waals surface area contributed by atoms with Crippen molar-refractivity contribution in [3.8, 4) is 0 Å². The van der Waals surface area contributed by atoms with Crippen LogP contribution in [0.3, 0.4) is 0 Å². The van der Waals surface area contributed by atoms with E-state index in [9.17, 15) is 9.59 Å². The minimum atomic E-state index is -0.0985. The van der Waals surface area contributed by atoms with E-state index in [4.69, 9.17) is 0 Å². The summed E-state index contributed by atoms with van der Waals surface area (Å²) < 4.78 is 1.02. The van der Waals surface area contributed by atoms with Crippen molar-refractivity contribution < 1.29 is 4.79 Å². The van der Waals surface area contributed by atoms with Crippen molar-refractivity contribution in [3.05, 3.63) is 32.8 Å². The first-order chi connectivity index (χ1) is 9.34. The van der Waals surface area contributed by atoms with Crippen molar-refractivity contribution in [1.82, 2.24) is 5.32 Å². The van der Waals surface area contributed by atoms with Crippen molar-refractivity contribution in [1.29, 1.82) is 0 Å². The molecule has 0 aliphatic rings. The molecule has 0 atom stereocenters. The van der Waals surface area contributed by atoms with Crippen LogP contribution in [0.1, 0.15) is 36.7 Å². The third kappa shape index (κ3) is 3.19. The zero-order valence-corrected chi connectivity index (χ0v) is 15.1. The zero-order chi connectivity index (χ0) is 14.9. The Morgan fingerprint density at radius 2 is 2.10 bits per heavy atom. The van der Waals surface area contributed by atoms with Crippen LogP contribution in [0.2, 0.25) is 0 Å². The number of carbonyl (C=O) groups is 1. The van der Waals surface area contributed by atoms with Gasteiger partial charge in [0.1, 0.15) is 0 Å². The number of carbonyl (C=O) groups excluding carboxylic acids is 1. The van der Waals surface area contributed by atoms with Crippen LogP contribution >= 0.6 is 22.3 Å². The fraction of sp³-hybridized carbons (Fsp3) is 0.429. The first kappa shape index (κ1) is 15.8. The molecule has 6 heteroatoms. The van der Waals surface area contributed by atoms with Crippen LogP contribution in [0.25, 0.3) is 9.65 Å². The van der Waals surface area contributed by atoms with Crippen molar-refractivity contribution in [2.24, 2.45) is 0 Å². The van der Waals surface area contributed by atoms with Gasteiger partial charge < -0.3 is 0 Å². The number of amides is 1. The van der Waals surface area contributed by atoms with E-state index in [0.29, 0.717) is 17.9 Å². The summed E-state index contributed by atoms with van der Waals surface area (Å²) in [6, 6.07) is 3.89. The van der Waals surface area contributed by atoms with Crippen LogP contribution in [0.4, 0.5) is 0 Å². The van der Waals surface area contributed by atoms with Crippen LogP contribution in [-0.2, 0) is 5.41 Å². The Kier molecular flexibility index (Phi) is 4.80. The van der Waals surface area contributed by atoms with Gasteiger partial charge >= 0.3 is 133 Å². The van der Waals surface area contributed by atoms with E-state index in [2.05, 4.69) is 38.7 Å². The number of hydrogen-bond acceptors (Lipinski definition) is 4. The van der Waals surface area contributed by atoms with Gasteiger partial charge in [0.15, 0.2) is 0 Å². The number of nitrogens with one attached hydrogen (secondary N) is 1. The second-order valence-corrected chi connectivity index (χ2v) is 9.69. The molecule has 0 saturated carbocycles. The van der Waals surface area contributed by atoms with E-state index < -0.39 is 0 Å². The van der Waals surface area contributed by atoms with Crippen LogP contribution in [0.5, 0.6) is 0 Å². The molecule has 108 valence electrons. The third-order valence-electron chi connectivity index (χ3n) is 3.02. The van der Waals surface area contributed by atoms with Crippen molar-refractivity contribution in [2.45, 2.75) is 26.2 Å². The molecule has 1 amide bonds. The number of thiol groups is 1. The van der Waals surface area contributed by atoms with E-state index in [1.165, 1.54) is 9.72 Å². The summed E-state index contributed by atoms with van der Waals surface area (Å²) in [4.78, 5) is 24.3. The maximum absolute atomic E-state index is 12.3. The Morgan fingerprint density at radius 1 is 1.40 bits per heavy atom. The SMILES string of the molecule is CC(C)(C)c1cc(C(=O)NCCS)c2[se]sc(=O)c2c1. The monoisotopic (exact) mass is 375 g/mol. The van der Waals surface area contributed by atoms with Crippen molar-refractivity contribution in [3.63, 3.8) is 0 Å². The first-order valence-electron chi connectivity index (χ1n) is 6.31. The molecule has 20 heavy (non-hydrogen) atoms. The van der Waals surface area contributed by atoms with Crippen molar-refractivity contribution >= 4 is 51.2 Å². The summed E-state index contributed by atoms with van der Waals surface area (Å²) in [5.74, 6) is 0.504. The van der Waals surface area contributed by atoms with Gasteiger partial charge in [-0.3, -0.25) is 0 Å². The standard InChI is InChI=1S/C14H17NO2S2Se/c1-14(2,3)8-6-9(12(16)15-4-5-18)11-10(7-8)13(17)19-20-11/h6-7,18H,4-5H2,1-3H3,(H,15,16). The molecule has 0 aliphatic carbocycles. The Bertz CT molecular complexity index is 697. The van der Waals surface area contributed by atoms with Crippen molar-refractivity contribution in [2.75, 3.05) is 12.3 Å². The number of rotatable bonds is 3. The molecule has 1 heterocycles. The molecule has 3 nitrogen and oxygen atoms in total. The molecule has 0 radical (unpaired) electrons. The average molecular weight is 374 g/mol. The molecule has 0 aliphatic heterocycles. The topological polar surface area (TPSA) is 46.2 Å². The van der Waals surface area contributed by atoms with E-state index >= 15 is 0 Å². The molecule has 2 rings (SSSR count). The molecule has 0 saturated heterocycles. The quantitative estimate of drug-likeness (QED) is 0.640. The molecule has 0 spiro atoms. The average Bonchev–Trinajstić information content (AvgIpc) is 2.76. The van der Waals surface area contributed by atoms with E-state index in [-0.39, 0.29) is 29.4 Å². The number of fused-ring (bicyclic) bond motifs is 1. The molecule has 1 aromatic heterocycles. The molecule has 0 unspecified atom stereocenters. The molecule has 1 aromatic carbocycles. The Morgan fingerprint density at radius 3 is 2.70 bits per heavy atom. The summed E-state index contributed by atoms with van der Waals surface area (Å²) >= 11 is 4.10. The maximum atomic E-state index is 12.3. The Labute approximate surface area is 132 Å².